The first kappa shape index (κ1) is 15.1. The van der Waals surface area contributed by atoms with E-state index in [9.17, 15) is 4.79 Å². The van der Waals surface area contributed by atoms with Gasteiger partial charge in [0.1, 0.15) is 12.4 Å². The van der Waals surface area contributed by atoms with Gasteiger partial charge in [-0.1, -0.05) is 17.7 Å². The molecule has 0 atom stereocenters. The second-order valence-corrected chi connectivity index (χ2v) is 5.59. The standard InChI is InChI=1S/C16H21N3O2/c1-10(2)18-14-8-17-16(19(4)9-15(20)21)12-6-5-11(3)7-13(12)14/h5-8,10,18H,9H2,1-4H3,(H,20,21). The normalized spacial score (nSPS) is 10.9. The van der Waals surface area contributed by atoms with Crippen molar-refractivity contribution in [1.82, 2.24) is 4.98 Å². The zero-order chi connectivity index (χ0) is 15.6. The predicted molar refractivity (Wildman–Crippen MR) is 86.1 cm³/mol. The van der Waals surface area contributed by atoms with E-state index in [-0.39, 0.29) is 6.54 Å². The number of nitrogens with zero attached hydrogens (tertiary/aromatic N) is 2. The molecule has 0 spiro atoms. The Kier molecular flexibility index (Phi) is 4.31. The van der Waals surface area contributed by atoms with E-state index >= 15 is 0 Å². The summed E-state index contributed by atoms with van der Waals surface area (Å²) in [6.45, 7) is 6.12. The number of likely N-dealkylation sites (N-methyl/N-ethyl adjacent to an activating group) is 1. The van der Waals surface area contributed by atoms with Crippen LogP contribution in [0, 0.1) is 6.92 Å². The number of carboxylic acids is 1. The molecular formula is C16H21N3O2. The molecule has 5 heteroatoms. The first-order chi connectivity index (χ1) is 9.88. The van der Waals surface area contributed by atoms with Crippen molar-refractivity contribution in [3.63, 3.8) is 0 Å². The number of fused-ring (bicyclic) bond motifs is 1. The third kappa shape index (κ3) is 3.42. The smallest absolute Gasteiger partial charge is 0.323 e. The van der Waals surface area contributed by atoms with Gasteiger partial charge >= 0.3 is 5.97 Å². The highest BCUT2D eigenvalue weighted by Crippen LogP contribution is 2.30. The summed E-state index contributed by atoms with van der Waals surface area (Å²) in [4.78, 5) is 17.0. The summed E-state index contributed by atoms with van der Waals surface area (Å²) in [7, 11) is 1.74. The lowest BCUT2D eigenvalue weighted by molar-refractivity contribution is -0.135. The lowest BCUT2D eigenvalue weighted by Crippen LogP contribution is -2.26. The number of carbonyl (C=O) groups is 1. The van der Waals surface area contributed by atoms with Gasteiger partial charge in [-0.2, -0.15) is 0 Å². The van der Waals surface area contributed by atoms with Gasteiger partial charge in [0.25, 0.3) is 0 Å². The minimum Gasteiger partial charge on any atom is -0.480 e. The van der Waals surface area contributed by atoms with E-state index in [0.717, 1.165) is 22.0 Å². The third-order valence-corrected chi connectivity index (χ3v) is 3.20. The van der Waals surface area contributed by atoms with Crippen molar-refractivity contribution in [1.29, 1.82) is 0 Å². The molecule has 112 valence electrons. The van der Waals surface area contributed by atoms with Crippen molar-refractivity contribution >= 4 is 28.2 Å². The van der Waals surface area contributed by atoms with E-state index in [1.54, 1.807) is 18.1 Å². The molecule has 1 aromatic carbocycles. The average Bonchev–Trinajstić information content (AvgIpc) is 2.37. The Balaban J connectivity index is 2.57. The summed E-state index contributed by atoms with van der Waals surface area (Å²) in [5.74, 6) is -0.189. The molecule has 0 amide bonds. The zero-order valence-electron chi connectivity index (χ0n) is 12.8. The SMILES string of the molecule is Cc1ccc2c(N(C)CC(=O)O)ncc(NC(C)C)c2c1. The fourth-order valence-electron chi connectivity index (χ4n) is 2.35. The van der Waals surface area contributed by atoms with Crippen LogP contribution in [0.4, 0.5) is 11.5 Å². The molecule has 0 aliphatic heterocycles. The molecule has 0 saturated heterocycles. The molecule has 5 nitrogen and oxygen atoms in total. The van der Waals surface area contributed by atoms with E-state index in [0.29, 0.717) is 11.9 Å². The highest BCUT2D eigenvalue weighted by molar-refractivity contribution is 6.01. The van der Waals surface area contributed by atoms with Crippen LogP contribution >= 0.6 is 0 Å². The number of pyridine rings is 1. The van der Waals surface area contributed by atoms with Crippen molar-refractivity contribution in [3.8, 4) is 0 Å². The molecule has 1 aromatic heterocycles. The fourth-order valence-corrected chi connectivity index (χ4v) is 2.35. The molecule has 0 aliphatic rings. The summed E-state index contributed by atoms with van der Waals surface area (Å²) in [6.07, 6.45) is 1.77. The summed E-state index contributed by atoms with van der Waals surface area (Å²) >= 11 is 0. The molecule has 21 heavy (non-hydrogen) atoms. The monoisotopic (exact) mass is 287 g/mol. The van der Waals surface area contributed by atoms with Gasteiger partial charge in [-0.05, 0) is 26.8 Å². The van der Waals surface area contributed by atoms with Crippen LogP contribution in [-0.4, -0.2) is 35.7 Å². The van der Waals surface area contributed by atoms with Gasteiger partial charge in [-0.15, -0.1) is 0 Å². The number of benzene rings is 1. The maximum Gasteiger partial charge on any atom is 0.323 e. The third-order valence-electron chi connectivity index (χ3n) is 3.20. The predicted octanol–water partition coefficient (Wildman–Crippen LogP) is 2.88. The van der Waals surface area contributed by atoms with E-state index in [2.05, 4.69) is 30.2 Å². The van der Waals surface area contributed by atoms with Crippen LogP contribution in [0.1, 0.15) is 19.4 Å². The molecule has 0 fully saturated rings. The largest absolute Gasteiger partial charge is 0.480 e. The number of aromatic nitrogens is 1. The number of nitrogens with one attached hydrogen (secondary N) is 1. The maximum absolute atomic E-state index is 10.9. The van der Waals surface area contributed by atoms with Crippen LogP contribution in [0.2, 0.25) is 0 Å². The number of carboxylic acid groups (broad SMARTS) is 1. The summed E-state index contributed by atoms with van der Waals surface area (Å²) in [6, 6.07) is 6.41. The molecule has 0 aliphatic carbocycles. The number of anilines is 2. The van der Waals surface area contributed by atoms with E-state index in [1.165, 1.54) is 0 Å². The van der Waals surface area contributed by atoms with Gasteiger partial charge in [-0.3, -0.25) is 4.79 Å². The highest BCUT2D eigenvalue weighted by atomic mass is 16.4. The number of aliphatic carboxylic acids is 1. The molecule has 0 unspecified atom stereocenters. The Hall–Kier alpha value is -2.30. The van der Waals surface area contributed by atoms with Crippen LogP contribution in [0.15, 0.2) is 24.4 Å². The number of aryl methyl sites for hydroxylation is 1. The quantitative estimate of drug-likeness (QED) is 0.885. The lowest BCUT2D eigenvalue weighted by Gasteiger charge is -2.20. The Labute approximate surface area is 124 Å². The molecule has 2 aromatic rings. The number of hydrogen-bond donors (Lipinski definition) is 2. The molecule has 0 saturated carbocycles. The van der Waals surface area contributed by atoms with Gasteiger partial charge in [0.05, 0.1) is 11.9 Å². The summed E-state index contributed by atoms with van der Waals surface area (Å²) in [5.41, 5.74) is 2.13. The van der Waals surface area contributed by atoms with Gasteiger partial charge in [0, 0.05) is 23.9 Å². The summed E-state index contributed by atoms with van der Waals surface area (Å²) < 4.78 is 0. The molecule has 2 rings (SSSR count). The first-order valence-electron chi connectivity index (χ1n) is 6.97. The molecule has 2 N–H and O–H groups in total. The minimum atomic E-state index is -0.871. The van der Waals surface area contributed by atoms with Gasteiger partial charge in [-0.25, -0.2) is 4.98 Å². The Morgan fingerprint density at radius 1 is 1.38 bits per heavy atom. The second kappa shape index (κ2) is 5.99. The number of rotatable bonds is 5. The van der Waals surface area contributed by atoms with Crippen LogP contribution < -0.4 is 10.2 Å². The fraction of sp³-hybridized carbons (Fsp3) is 0.375. The minimum absolute atomic E-state index is 0.0765. The molecular weight excluding hydrogens is 266 g/mol. The van der Waals surface area contributed by atoms with E-state index in [1.807, 2.05) is 19.1 Å². The van der Waals surface area contributed by atoms with E-state index < -0.39 is 5.97 Å². The summed E-state index contributed by atoms with van der Waals surface area (Å²) in [5, 5.41) is 14.4. The topological polar surface area (TPSA) is 65.5 Å². The Morgan fingerprint density at radius 2 is 2.10 bits per heavy atom. The van der Waals surface area contributed by atoms with Crippen LogP contribution in [0.5, 0.6) is 0 Å². The van der Waals surface area contributed by atoms with Crippen molar-refractivity contribution in [2.45, 2.75) is 26.8 Å². The molecule has 0 radical (unpaired) electrons. The van der Waals surface area contributed by atoms with Crippen molar-refractivity contribution < 1.29 is 9.90 Å². The van der Waals surface area contributed by atoms with Crippen molar-refractivity contribution in [3.05, 3.63) is 30.0 Å². The molecule has 1 heterocycles. The highest BCUT2D eigenvalue weighted by Gasteiger charge is 2.13. The van der Waals surface area contributed by atoms with Crippen molar-refractivity contribution in [2.24, 2.45) is 0 Å². The lowest BCUT2D eigenvalue weighted by atomic mass is 10.1. The second-order valence-electron chi connectivity index (χ2n) is 5.59. The Bertz CT molecular complexity index is 668. The maximum atomic E-state index is 10.9. The number of hydrogen-bond acceptors (Lipinski definition) is 4. The van der Waals surface area contributed by atoms with Gasteiger partial charge in [0.15, 0.2) is 0 Å². The zero-order valence-corrected chi connectivity index (χ0v) is 12.8. The van der Waals surface area contributed by atoms with Gasteiger partial charge < -0.3 is 15.3 Å². The van der Waals surface area contributed by atoms with E-state index in [4.69, 9.17) is 5.11 Å². The van der Waals surface area contributed by atoms with Gasteiger partial charge in [0.2, 0.25) is 0 Å². The first-order valence-corrected chi connectivity index (χ1v) is 6.97. The van der Waals surface area contributed by atoms with Crippen molar-refractivity contribution in [2.75, 3.05) is 23.8 Å². The average molecular weight is 287 g/mol. The Morgan fingerprint density at radius 3 is 2.71 bits per heavy atom. The van der Waals surface area contributed by atoms with Crippen LogP contribution in [0.3, 0.4) is 0 Å². The van der Waals surface area contributed by atoms with Crippen LogP contribution in [-0.2, 0) is 4.79 Å². The molecule has 0 bridgehead atoms. The van der Waals surface area contributed by atoms with Crippen LogP contribution in [0.25, 0.3) is 10.8 Å².